The lowest BCUT2D eigenvalue weighted by Crippen LogP contribution is -2.40. The molecule has 1 amide bonds. The zero-order valence-corrected chi connectivity index (χ0v) is 7.87. The third-order valence-electron chi connectivity index (χ3n) is 1.65. The topological polar surface area (TPSA) is 49.3 Å². The van der Waals surface area contributed by atoms with Crippen molar-refractivity contribution >= 4 is 5.91 Å². The highest BCUT2D eigenvalue weighted by Crippen LogP contribution is 1.99. The summed E-state index contributed by atoms with van der Waals surface area (Å²) in [6, 6.07) is -0.145. The maximum atomic E-state index is 11.0. The first-order valence-corrected chi connectivity index (χ1v) is 4.15. The Bertz CT molecular complexity index is 164. The predicted molar refractivity (Wildman–Crippen MR) is 48.7 cm³/mol. The van der Waals surface area contributed by atoms with Gasteiger partial charge in [0.1, 0.15) is 0 Å². The number of rotatable bonds is 4. The van der Waals surface area contributed by atoms with E-state index in [1.165, 1.54) is 6.08 Å². The summed E-state index contributed by atoms with van der Waals surface area (Å²) in [7, 11) is 0. The van der Waals surface area contributed by atoms with Gasteiger partial charge in [0.2, 0.25) is 5.91 Å². The van der Waals surface area contributed by atoms with Crippen LogP contribution in [0.4, 0.5) is 0 Å². The largest absolute Gasteiger partial charge is 0.394 e. The van der Waals surface area contributed by atoms with E-state index in [0.29, 0.717) is 0 Å². The number of amides is 1. The van der Waals surface area contributed by atoms with Gasteiger partial charge < -0.3 is 10.4 Å². The number of aliphatic hydroxyl groups is 1. The Labute approximate surface area is 73.5 Å². The van der Waals surface area contributed by atoms with Crippen molar-refractivity contribution in [1.82, 2.24) is 5.32 Å². The molecule has 0 rings (SSSR count). The molecular formula is C9H17NO2. The van der Waals surface area contributed by atoms with Crippen molar-refractivity contribution in [2.24, 2.45) is 5.92 Å². The van der Waals surface area contributed by atoms with Crippen LogP contribution in [0.1, 0.15) is 20.8 Å². The van der Waals surface area contributed by atoms with Crippen LogP contribution in [0.25, 0.3) is 0 Å². The summed E-state index contributed by atoms with van der Waals surface area (Å²) in [5.74, 6) is 0.106. The number of aliphatic hydroxyl groups excluding tert-OH is 1. The molecule has 0 aliphatic heterocycles. The zero-order chi connectivity index (χ0) is 9.56. The van der Waals surface area contributed by atoms with Crippen LogP contribution >= 0.6 is 0 Å². The minimum Gasteiger partial charge on any atom is -0.394 e. The lowest BCUT2D eigenvalue weighted by Gasteiger charge is -2.18. The van der Waals surface area contributed by atoms with Crippen molar-refractivity contribution in [2.45, 2.75) is 26.8 Å². The summed E-state index contributed by atoms with van der Waals surface area (Å²) in [6.07, 6.45) is 3.12. The van der Waals surface area contributed by atoms with Gasteiger partial charge in [-0.15, -0.1) is 0 Å². The van der Waals surface area contributed by atoms with Crippen LogP contribution in [0.5, 0.6) is 0 Å². The van der Waals surface area contributed by atoms with Crippen molar-refractivity contribution < 1.29 is 9.90 Å². The van der Waals surface area contributed by atoms with Crippen molar-refractivity contribution in [3.05, 3.63) is 12.2 Å². The second-order valence-corrected chi connectivity index (χ2v) is 3.04. The smallest absolute Gasteiger partial charge is 0.243 e. The molecule has 0 saturated carbocycles. The van der Waals surface area contributed by atoms with Gasteiger partial charge in [0, 0.05) is 0 Å². The Kier molecular flexibility index (Phi) is 5.37. The zero-order valence-electron chi connectivity index (χ0n) is 7.87. The Morgan fingerprint density at radius 1 is 1.58 bits per heavy atom. The molecule has 0 bridgehead atoms. The molecule has 0 fully saturated rings. The molecule has 0 spiro atoms. The Morgan fingerprint density at radius 2 is 2.17 bits per heavy atom. The summed E-state index contributed by atoms with van der Waals surface area (Å²) in [6.45, 7) is 5.68. The van der Waals surface area contributed by atoms with Gasteiger partial charge in [0.05, 0.1) is 12.6 Å². The van der Waals surface area contributed by atoms with Crippen LogP contribution in [0.3, 0.4) is 0 Å². The number of carbonyl (C=O) groups excluding carboxylic acids is 1. The van der Waals surface area contributed by atoms with Crippen molar-refractivity contribution in [3.8, 4) is 0 Å². The molecule has 3 nitrogen and oxygen atoms in total. The minimum absolute atomic E-state index is 0.0129. The molecule has 0 saturated heterocycles. The normalized spacial score (nSPS) is 13.8. The number of carbonyl (C=O) groups is 1. The van der Waals surface area contributed by atoms with E-state index in [4.69, 9.17) is 5.11 Å². The highest BCUT2D eigenvalue weighted by Gasteiger charge is 2.12. The number of nitrogens with one attached hydrogen (secondary N) is 1. The lowest BCUT2D eigenvalue weighted by molar-refractivity contribution is -0.117. The molecule has 3 heteroatoms. The highest BCUT2D eigenvalue weighted by atomic mass is 16.3. The van der Waals surface area contributed by atoms with Crippen molar-refractivity contribution in [2.75, 3.05) is 6.61 Å². The summed E-state index contributed by atoms with van der Waals surface area (Å²) in [5, 5.41) is 11.6. The Balaban J connectivity index is 3.94. The first-order valence-electron chi connectivity index (χ1n) is 4.15. The maximum absolute atomic E-state index is 11.0. The molecule has 0 aromatic rings. The molecule has 70 valence electrons. The molecule has 1 atom stereocenters. The standard InChI is InChI=1S/C9H17NO2/c1-4-5-9(12)10-8(6-11)7(2)3/h4-5,7-8,11H,6H2,1-3H3,(H,10,12). The summed E-state index contributed by atoms with van der Waals surface area (Å²) in [4.78, 5) is 11.0. The minimum atomic E-state index is -0.148. The summed E-state index contributed by atoms with van der Waals surface area (Å²) in [5.41, 5.74) is 0. The number of hydrogen-bond acceptors (Lipinski definition) is 2. The van der Waals surface area contributed by atoms with Crippen LogP contribution in [0, 0.1) is 5.92 Å². The fraction of sp³-hybridized carbons (Fsp3) is 0.667. The van der Waals surface area contributed by atoms with Crippen LogP contribution in [0.2, 0.25) is 0 Å². The molecule has 0 radical (unpaired) electrons. The lowest BCUT2D eigenvalue weighted by atomic mass is 10.1. The molecule has 0 aromatic heterocycles. The fourth-order valence-corrected chi connectivity index (χ4v) is 0.805. The van der Waals surface area contributed by atoms with E-state index in [9.17, 15) is 4.79 Å². The summed E-state index contributed by atoms with van der Waals surface area (Å²) >= 11 is 0. The van der Waals surface area contributed by atoms with E-state index < -0.39 is 0 Å². The van der Waals surface area contributed by atoms with Crippen LogP contribution in [0.15, 0.2) is 12.2 Å². The Hall–Kier alpha value is -0.830. The van der Waals surface area contributed by atoms with Gasteiger partial charge in [-0.3, -0.25) is 4.79 Å². The molecule has 0 aliphatic rings. The maximum Gasteiger partial charge on any atom is 0.243 e. The van der Waals surface area contributed by atoms with E-state index in [-0.39, 0.29) is 24.5 Å². The average molecular weight is 171 g/mol. The van der Waals surface area contributed by atoms with Crippen molar-refractivity contribution in [3.63, 3.8) is 0 Å². The highest BCUT2D eigenvalue weighted by molar-refractivity contribution is 5.87. The number of hydrogen-bond donors (Lipinski definition) is 2. The van der Waals surface area contributed by atoms with Gasteiger partial charge in [-0.2, -0.15) is 0 Å². The fourth-order valence-electron chi connectivity index (χ4n) is 0.805. The third kappa shape index (κ3) is 4.13. The van der Waals surface area contributed by atoms with Gasteiger partial charge in [0.15, 0.2) is 0 Å². The third-order valence-corrected chi connectivity index (χ3v) is 1.65. The van der Waals surface area contributed by atoms with Crippen molar-refractivity contribution in [1.29, 1.82) is 0 Å². The van der Waals surface area contributed by atoms with Crippen LogP contribution < -0.4 is 5.32 Å². The second kappa shape index (κ2) is 5.77. The van der Waals surface area contributed by atoms with E-state index in [0.717, 1.165) is 0 Å². The number of allylic oxidation sites excluding steroid dienone is 1. The van der Waals surface area contributed by atoms with E-state index in [1.54, 1.807) is 13.0 Å². The summed E-state index contributed by atoms with van der Waals surface area (Å²) < 4.78 is 0. The van der Waals surface area contributed by atoms with Crippen LogP contribution in [-0.2, 0) is 4.79 Å². The monoisotopic (exact) mass is 171 g/mol. The molecule has 0 heterocycles. The van der Waals surface area contributed by atoms with Crippen LogP contribution in [-0.4, -0.2) is 23.7 Å². The second-order valence-electron chi connectivity index (χ2n) is 3.04. The van der Waals surface area contributed by atoms with Gasteiger partial charge >= 0.3 is 0 Å². The molecule has 0 aliphatic carbocycles. The molecule has 12 heavy (non-hydrogen) atoms. The van der Waals surface area contributed by atoms with Gasteiger partial charge in [-0.25, -0.2) is 0 Å². The first-order chi connectivity index (χ1) is 5.61. The predicted octanol–water partition coefficient (Wildman–Crippen LogP) is 0.696. The van der Waals surface area contributed by atoms with E-state index in [2.05, 4.69) is 5.32 Å². The quantitative estimate of drug-likeness (QED) is 0.612. The molecule has 0 aromatic carbocycles. The SMILES string of the molecule is CC=CC(=O)NC(CO)C(C)C. The van der Waals surface area contributed by atoms with E-state index in [1.807, 2.05) is 13.8 Å². The average Bonchev–Trinajstić information content (AvgIpc) is 2.00. The van der Waals surface area contributed by atoms with Gasteiger partial charge in [0.25, 0.3) is 0 Å². The van der Waals surface area contributed by atoms with E-state index >= 15 is 0 Å². The molecular weight excluding hydrogens is 154 g/mol. The first kappa shape index (κ1) is 11.2. The molecule has 2 N–H and O–H groups in total. The Morgan fingerprint density at radius 3 is 2.50 bits per heavy atom. The van der Waals surface area contributed by atoms with Gasteiger partial charge in [-0.05, 0) is 18.9 Å². The molecule has 1 unspecified atom stereocenters. The van der Waals surface area contributed by atoms with Gasteiger partial charge in [-0.1, -0.05) is 19.9 Å².